The second-order valence-corrected chi connectivity index (χ2v) is 7.90. The molecule has 2 amide bonds. The molecular formula is C22H28N4O4. The predicted octanol–water partition coefficient (Wildman–Crippen LogP) is 2.94. The van der Waals surface area contributed by atoms with Gasteiger partial charge in [-0.1, -0.05) is 12.1 Å². The molecule has 0 radical (unpaired) electrons. The van der Waals surface area contributed by atoms with E-state index in [0.29, 0.717) is 30.3 Å². The van der Waals surface area contributed by atoms with Crippen molar-refractivity contribution < 1.29 is 14.3 Å². The number of aryl methyl sites for hydroxylation is 1. The van der Waals surface area contributed by atoms with Crippen molar-refractivity contribution in [2.75, 3.05) is 31.6 Å². The van der Waals surface area contributed by atoms with E-state index in [0.717, 1.165) is 44.5 Å². The van der Waals surface area contributed by atoms with Gasteiger partial charge in [0, 0.05) is 43.6 Å². The first kappa shape index (κ1) is 20.6. The van der Waals surface area contributed by atoms with Gasteiger partial charge in [-0.05, 0) is 44.7 Å². The molecule has 2 saturated heterocycles. The highest BCUT2D eigenvalue weighted by molar-refractivity contribution is 5.89. The van der Waals surface area contributed by atoms with Gasteiger partial charge in [-0.15, -0.1) is 0 Å². The van der Waals surface area contributed by atoms with Gasteiger partial charge in [0.05, 0.1) is 17.9 Å². The smallest absolute Gasteiger partial charge is 0.322 e. The third-order valence-electron chi connectivity index (χ3n) is 5.48. The van der Waals surface area contributed by atoms with Crippen LogP contribution in [0.2, 0.25) is 0 Å². The SMILES string of the molecule is Cc1nc(-c2ccc(NC(=O)N(C[C@H]3CCCO3)C[C@@H]3CCCO3)cc2)cc(=O)[nH]1. The molecule has 0 unspecified atom stereocenters. The van der Waals surface area contributed by atoms with E-state index in [1.54, 1.807) is 6.92 Å². The number of nitrogens with zero attached hydrogens (tertiary/aromatic N) is 2. The van der Waals surface area contributed by atoms with Crippen LogP contribution in [-0.2, 0) is 9.47 Å². The van der Waals surface area contributed by atoms with Crippen molar-refractivity contribution in [3.8, 4) is 11.3 Å². The number of ether oxygens (including phenoxy) is 2. The monoisotopic (exact) mass is 412 g/mol. The topological polar surface area (TPSA) is 96.6 Å². The number of urea groups is 1. The first-order valence-electron chi connectivity index (χ1n) is 10.5. The molecule has 2 aliphatic rings. The van der Waals surface area contributed by atoms with Crippen LogP contribution in [0.15, 0.2) is 35.1 Å². The fourth-order valence-corrected chi connectivity index (χ4v) is 3.96. The molecule has 0 saturated carbocycles. The van der Waals surface area contributed by atoms with Gasteiger partial charge >= 0.3 is 6.03 Å². The summed E-state index contributed by atoms with van der Waals surface area (Å²) in [4.78, 5) is 33.5. The molecule has 3 heterocycles. The van der Waals surface area contributed by atoms with Gasteiger partial charge in [0.2, 0.25) is 0 Å². The summed E-state index contributed by atoms with van der Waals surface area (Å²) < 4.78 is 11.5. The highest BCUT2D eigenvalue weighted by Crippen LogP contribution is 2.21. The Labute approximate surface area is 175 Å². The highest BCUT2D eigenvalue weighted by atomic mass is 16.5. The van der Waals surface area contributed by atoms with Gasteiger partial charge in [-0.3, -0.25) is 4.79 Å². The average Bonchev–Trinajstić information content (AvgIpc) is 3.41. The molecule has 2 N–H and O–H groups in total. The number of benzene rings is 1. The Morgan fingerprint density at radius 1 is 1.13 bits per heavy atom. The largest absolute Gasteiger partial charge is 0.376 e. The summed E-state index contributed by atoms with van der Waals surface area (Å²) >= 11 is 0. The standard InChI is InChI=1S/C22H28N4O4/c1-15-23-20(12-21(27)24-15)16-6-8-17(9-7-16)25-22(28)26(13-18-4-2-10-29-18)14-19-5-3-11-30-19/h6-9,12,18-19H,2-5,10-11,13-14H2,1H3,(H,25,28)(H,23,24,27)/t18-,19+. The third kappa shape index (κ3) is 5.25. The third-order valence-corrected chi connectivity index (χ3v) is 5.48. The zero-order valence-electron chi connectivity index (χ0n) is 17.2. The summed E-state index contributed by atoms with van der Waals surface area (Å²) in [6, 6.07) is 8.65. The van der Waals surface area contributed by atoms with Crippen LogP contribution in [0.5, 0.6) is 0 Å². The number of carbonyl (C=O) groups excluding carboxylic acids is 1. The van der Waals surface area contributed by atoms with E-state index in [-0.39, 0.29) is 23.8 Å². The molecule has 2 aliphatic heterocycles. The van der Waals surface area contributed by atoms with Crippen LogP contribution >= 0.6 is 0 Å². The van der Waals surface area contributed by atoms with E-state index < -0.39 is 0 Å². The predicted molar refractivity (Wildman–Crippen MR) is 114 cm³/mol. The molecule has 1 aromatic heterocycles. The van der Waals surface area contributed by atoms with Crippen molar-refractivity contribution in [3.63, 3.8) is 0 Å². The van der Waals surface area contributed by atoms with E-state index in [2.05, 4.69) is 15.3 Å². The Morgan fingerprint density at radius 3 is 2.30 bits per heavy atom. The number of aromatic amines is 1. The molecule has 2 atom stereocenters. The summed E-state index contributed by atoms with van der Waals surface area (Å²) in [6.07, 6.45) is 4.21. The van der Waals surface area contributed by atoms with Crippen LogP contribution in [-0.4, -0.2) is 59.4 Å². The minimum Gasteiger partial charge on any atom is -0.376 e. The molecule has 8 nitrogen and oxygen atoms in total. The maximum Gasteiger partial charge on any atom is 0.322 e. The van der Waals surface area contributed by atoms with Crippen LogP contribution in [0, 0.1) is 6.92 Å². The van der Waals surface area contributed by atoms with E-state index >= 15 is 0 Å². The Hall–Kier alpha value is -2.71. The van der Waals surface area contributed by atoms with E-state index in [9.17, 15) is 9.59 Å². The van der Waals surface area contributed by atoms with Crippen molar-refractivity contribution in [3.05, 3.63) is 46.5 Å². The number of carbonyl (C=O) groups is 1. The zero-order chi connectivity index (χ0) is 20.9. The first-order chi connectivity index (χ1) is 14.6. The normalized spacial score (nSPS) is 21.0. The molecule has 8 heteroatoms. The highest BCUT2D eigenvalue weighted by Gasteiger charge is 2.27. The number of amides is 2. The molecule has 4 rings (SSSR count). The number of aromatic nitrogens is 2. The summed E-state index contributed by atoms with van der Waals surface area (Å²) in [5.41, 5.74) is 1.93. The number of anilines is 1. The lowest BCUT2D eigenvalue weighted by atomic mass is 10.1. The van der Waals surface area contributed by atoms with Crippen LogP contribution in [0.1, 0.15) is 31.5 Å². The molecule has 2 fully saturated rings. The van der Waals surface area contributed by atoms with Crippen LogP contribution in [0.3, 0.4) is 0 Å². The van der Waals surface area contributed by atoms with Crippen LogP contribution in [0.25, 0.3) is 11.3 Å². The van der Waals surface area contributed by atoms with Crippen molar-refractivity contribution in [2.45, 2.75) is 44.8 Å². The fourth-order valence-electron chi connectivity index (χ4n) is 3.96. The molecule has 1 aromatic carbocycles. The maximum absolute atomic E-state index is 13.0. The zero-order valence-corrected chi connectivity index (χ0v) is 17.2. The second-order valence-electron chi connectivity index (χ2n) is 7.90. The minimum atomic E-state index is -0.186. The van der Waals surface area contributed by atoms with Gasteiger partial charge in [0.15, 0.2) is 0 Å². The molecular weight excluding hydrogens is 384 g/mol. The number of H-pyrrole nitrogens is 1. The van der Waals surface area contributed by atoms with E-state index in [1.807, 2.05) is 29.2 Å². The first-order valence-corrected chi connectivity index (χ1v) is 10.5. The lowest BCUT2D eigenvalue weighted by molar-refractivity contribution is 0.0524. The Morgan fingerprint density at radius 2 is 1.77 bits per heavy atom. The Balaban J connectivity index is 1.43. The van der Waals surface area contributed by atoms with E-state index in [4.69, 9.17) is 9.47 Å². The maximum atomic E-state index is 13.0. The van der Waals surface area contributed by atoms with Gasteiger partial charge in [0.1, 0.15) is 5.82 Å². The van der Waals surface area contributed by atoms with Gasteiger partial charge in [0.25, 0.3) is 5.56 Å². The van der Waals surface area contributed by atoms with Gasteiger partial charge < -0.3 is 24.7 Å². The molecule has 0 aliphatic carbocycles. The Kier molecular flexibility index (Phi) is 6.44. The van der Waals surface area contributed by atoms with Gasteiger partial charge in [-0.25, -0.2) is 9.78 Å². The molecule has 160 valence electrons. The second kappa shape index (κ2) is 9.40. The number of nitrogens with one attached hydrogen (secondary N) is 2. The number of hydrogen-bond donors (Lipinski definition) is 2. The van der Waals surface area contributed by atoms with Crippen molar-refractivity contribution in [2.24, 2.45) is 0 Å². The number of hydrogen-bond acceptors (Lipinski definition) is 5. The summed E-state index contributed by atoms with van der Waals surface area (Å²) in [7, 11) is 0. The lowest BCUT2D eigenvalue weighted by Crippen LogP contribution is -2.44. The quantitative estimate of drug-likeness (QED) is 0.760. The minimum absolute atomic E-state index is 0.0880. The van der Waals surface area contributed by atoms with Crippen molar-refractivity contribution in [1.29, 1.82) is 0 Å². The van der Waals surface area contributed by atoms with Crippen molar-refractivity contribution >= 4 is 11.7 Å². The molecule has 0 bridgehead atoms. The van der Waals surface area contributed by atoms with Gasteiger partial charge in [-0.2, -0.15) is 0 Å². The molecule has 0 spiro atoms. The molecule has 30 heavy (non-hydrogen) atoms. The van der Waals surface area contributed by atoms with E-state index in [1.165, 1.54) is 6.07 Å². The number of rotatable bonds is 6. The summed E-state index contributed by atoms with van der Waals surface area (Å²) in [6.45, 7) is 4.41. The fraction of sp³-hybridized carbons (Fsp3) is 0.500. The lowest BCUT2D eigenvalue weighted by Gasteiger charge is -2.28. The van der Waals surface area contributed by atoms with Crippen molar-refractivity contribution in [1.82, 2.24) is 14.9 Å². The molecule has 2 aromatic rings. The summed E-state index contributed by atoms with van der Waals surface area (Å²) in [5, 5.41) is 2.98. The summed E-state index contributed by atoms with van der Waals surface area (Å²) in [5.74, 6) is 0.564. The Bertz CT molecular complexity index is 897. The average molecular weight is 412 g/mol. The van der Waals surface area contributed by atoms with Crippen LogP contribution in [0.4, 0.5) is 10.5 Å². The van der Waals surface area contributed by atoms with Crippen LogP contribution < -0.4 is 10.9 Å².